The Kier molecular flexibility index (Phi) is 0.442. The predicted octanol–water partition coefficient (Wildman–Crippen LogP) is 2.44. The molecule has 4 saturated carbocycles. The van der Waals surface area contributed by atoms with Crippen LogP contribution in [0.1, 0.15) is 32.6 Å². The highest BCUT2D eigenvalue weighted by Crippen LogP contribution is 2.95. The molecule has 0 nitrogen and oxygen atoms in total. The summed E-state index contributed by atoms with van der Waals surface area (Å²) in [6.07, 6.45) is 6.45. The Hall–Kier alpha value is 0. The maximum atomic E-state index is 2.47. The van der Waals surface area contributed by atoms with Gasteiger partial charge in [0.2, 0.25) is 0 Å². The van der Waals surface area contributed by atoms with Gasteiger partial charge in [0, 0.05) is 0 Å². The van der Waals surface area contributed by atoms with Crippen LogP contribution in [0.2, 0.25) is 0 Å². The zero-order valence-corrected chi connectivity index (χ0v) is 6.56. The molecule has 5 unspecified atom stereocenters. The van der Waals surface area contributed by atoms with E-state index in [4.69, 9.17) is 0 Å². The summed E-state index contributed by atoms with van der Waals surface area (Å²) in [7, 11) is 0. The quantitative estimate of drug-likeness (QED) is 0.477. The summed E-state index contributed by atoms with van der Waals surface area (Å²) in [6, 6.07) is 0. The number of rotatable bonds is 0. The van der Waals surface area contributed by atoms with E-state index < -0.39 is 0 Å². The van der Waals surface area contributed by atoms with Crippen molar-refractivity contribution in [1.29, 1.82) is 0 Å². The Morgan fingerprint density at radius 1 is 1.10 bits per heavy atom. The molecule has 0 aromatic heterocycles. The van der Waals surface area contributed by atoms with Crippen LogP contribution >= 0.6 is 0 Å². The molecular formula is C10H14. The van der Waals surface area contributed by atoms with E-state index in [9.17, 15) is 0 Å². The highest BCUT2D eigenvalue weighted by molar-refractivity contribution is 5.37. The van der Waals surface area contributed by atoms with Crippen molar-refractivity contribution >= 4 is 0 Å². The smallest absolute Gasteiger partial charge is 0.0226 e. The second-order valence-electron chi connectivity index (χ2n) is 5.36. The van der Waals surface area contributed by atoms with Crippen LogP contribution in [0.4, 0.5) is 0 Å². The molecule has 0 radical (unpaired) electrons. The average molecular weight is 134 g/mol. The molecule has 0 aromatic rings. The molecule has 5 atom stereocenters. The van der Waals surface area contributed by atoms with Gasteiger partial charge in [-0.1, -0.05) is 6.92 Å². The van der Waals surface area contributed by atoms with Crippen LogP contribution in [-0.4, -0.2) is 0 Å². The van der Waals surface area contributed by atoms with Crippen LogP contribution in [0.5, 0.6) is 0 Å². The first kappa shape index (κ1) is 4.79. The fourth-order valence-electron chi connectivity index (χ4n) is 4.34. The molecule has 0 heterocycles. The van der Waals surface area contributed by atoms with Crippen molar-refractivity contribution in [2.75, 3.05) is 0 Å². The van der Waals surface area contributed by atoms with Gasteiger partial charge in [0.05, 0.1) is 0 Å². The van der Waals surface area contributed by atoms with Crippen LogP contribution in [0, 0.1) is 28.6 Å². The third kappa shape index (κ3) is 0.258. The molecule has 4 aliphatic rings. The second kappa shape index (κ2) is 0.922. The number of fused-ring (bicyclic) bond motifs is 2. The average Bonchev–Trinajstić information content (AvgIpc) is 2.68. The summed E-state index contributed by atoms with van der Waals surface area (Å²) in [5.41, 5.74) is 1.95. The Balaban J connectivity index is 1.80. The Bertz CT molecular complexity index is 232. The molecule has 4 rings (SSSR count). The standard InChI is InChI=1S/C10H14/c1-6-4-9(6)2-3-10-5-7(10)8(9)10/h6-8H,2-5H2,1H3. The Labute approximate surface area is 62.0 Å². The molecule has 10 heavy (non-hydrogen) atoms. The van der Waals surface area contributed by atoms with Crippen molar-refractivity contribution in [3.05, 3.63) is 0 Å². The monoisotopic (exact) mass is 134 g/mol. The number of hydrogen-bond acceptors (Lipinski definition) is 0. The van der Waals surface area contributed by atoms with Gasteiger partial charge in [-0.15, -0.1) is 0 Å². The van der Waals surface area contributed by atoms with E-state index in [1.165, 1.54) is 11.8 Å². The van der Waals surface area contributed by atoms with E-state index in [0.29, 0.717) is 0 Å². The van der Waals surface area contributed by atoms with Crippen LogP contribution in [0.3, 0.4) is 0 Å². The van der Waals surface area contributed by atoms with Gasteiger partial charge in [0.25, 0.3) is 0 Å². The molecular weight excluding hydrogens is 120 g/mol. The Morgan fingerprint density at radius 3 is 2.10 bits per heavy atom. The lowest BCUT2D eigenvalue weighted by Crippen LogP contribution is -2.06. The van der Waals surface area contributed by atoms with Crippen LogP contribution in [0.15, 0.2) is 0 Å². The molecule has 4 fully saturated rings. The molecule has 0 saturated heterocycles. The molecule has 2 spiro atoms. The summed E-state index contributed by atoms with van der Waals surface area (Å²) < 4.78 is 0. The third-order valence-corrected chi connectivity index (χ3v) is 5.27. The van der Waals surface area contributed by atoms with Gasteiger partial charge in [-0.05, 0) is 54.3 Å². The first-order chi connectivity index (χ1) is 4.80. The summed E-state index contributed by atoms with van der Waals surface area (Å²) >= 11 is 0. The summed E-state index contributed by atoms with van der Waals surface area (Å²) in [4.78, 5) is 0. The van der Waals surface area contributed by atoms with E-state index >= 15 is 0 Å². The molecule has 54 valence electrons. The third-order valence-electron chi connectivity index (χ3n) is 5.27. The highest BCUT2D eigenvalue weighted by Gasteiger charge is 2.89. The predicted molar refractivity (Wildman–Crippen MR) is 39.5 cm³/mol. The lowest BCUT2D eigenvalue weighted by Gasteiger charge is -2.11. The maximum Gasteiger partial charge on any atom is -0.0226 e. The van der Waals surface area contributed by atoms with Crippen molar-refractivity contribution in [2.24, 2.45) is 28.6 Å². The lowest BCUT2D eigenvalue weighted by atomic mass is 9.93. The van der Waals surface area contributed by atoms with E-state index in [1.807, 2.05) is 0 Å². The minimum absolute atomic E-state index is 0.947. The van der Waals surface area contributed by atoms with E-state index in [0.717, 1.165) is 16.7 Å². The van der Waals surface area contributed by atoms with Gasteiger partial charge in [0.15, 0.2) is 0 Å². The van der Waals surface area contributed by atoms with Gasteiger partial charge in [0.1, 0.15) is 0 Å². The Morgan fingerprint density at radius 2 is 1.80 bits per heavy atom. The minimum Gasteiger partial charge on any atom is -0.0619 e. The van der Waals surface area contributed by atoms with Crippen molar-refractivity contribution < 1.29 is 0 Å². The van der Waals surface area contributed by atoms with Gasteiger partial charge >= 0.3 is 0 Å². The molecule has 0 aromatic carbocycles. The minimum atomic E-state index is 0.947. The first-order valence-corrected chi connectivity index (χ1v) is 4.80. The fraction of sp³-hybridized carbons (Fsp3) is 1.00. The topological polar surface area (TPSA) is 0 Å². The summed E-state index contributed by atoms with van der Waals surface area (Å²) in [5.74, 6) is 3.63. The lowest BCUT2D eigenvalue weighted by molar-refractivity contribution is 0.364. The molecule has 0 N–H and O–H groups in total. The first-order valence-electron chi connectivity index (χ1n) is 4.80. The van der Waals surface area contributed by atoms with Gasteiger partial charge in [-0.3, -0.25) is 0 Å². The molecule has 4 aliphatic carbocycles. The fourth-order valence-corrected chi connectivity index (χ4v) is 4.34. The molecule has 0 amide bonds. The van der Waals surface area contributed by atoms with Crippen LogP contribution in [-0.2, 0) is 0 Å². The second-order valence-corrected chi connectivity index (χ2v) is 5.36. The molecule has 0 heteroatoms. The zero-order chi connectivity index (χ0) is 6.56. The summed E-state index contributed by atoms with van der Waals surface area (Å²) in [5, 5.41) is 0. The van der Waals surface area contributed by atoms with Gasteiger partial charge < -0.3 is 0 Å². The van der Waals surface area contributed by atoms with Gasteiger partial charge in [-0.25, -0.2) is 0 Å². The number of hydrogen-bond donors (Lipinski definition) is 0. The van der Waals surface area contributed by atoms with Crippen LogP contribution < -0.4 is 0 Å². The normalized spacial score (nSPS) is 80.7. The van der Waals surface area contributed by atoms with E-state index in [2.05, 4.69) is 6.92 Å². The molecule has 0 aliphatic heterocycles. The maximum absolute atomic E-state index is 2.47. The largest absolute Gasteiger partial charge is 0.0619 e. The van der Waals surface area contributed by atoms with Crippen molar-refractivity contribution in [3.63, 3.8) is 0 Å². The van der Waals surface area contributed by atoms with Gasteiger partial charge in [-0.2, -0.15) is 0 Å². The summed E-state index contributed by atoms with van der Waals surface area (Å²) in [6.45, 7) is 2.47. The van der Waals surface area contributed by atoms with Crippen molar-refractivity contribution in [2.45, 2.75) is 32.6 Å². The van der Waals surface area contributed by atoms with E-state index in [1.54, 1.807) is 25.7 Å². The SMILES string of the molecule is CC1CC12CCC13CC1C23. The van der Waals surface area contributed by atoms with Crippen LogP contribution in [0.25, 0.3) is 0 Å². The molecule has 0 bridgehead atoms. The van der Waals surface area contributed by atoms with E-state index in [-0.39, 0.29) is 0 Å². The van der Waals surface area contributed by atoms with Crippen molar-refractivity contribution in [3.8, 4) is 0 Å². The highest BCUT2D eigenvalue weighted by atomic mass is 14.9. The zero-order valence-electron chi connectivity index (χ0n) is 6.56. The van der Waals surface area contributed by atoms with Crippen molar-refractivity contribution in [1.82, 2.24) is 0 Å².